The number of anilines is 1. The minimum absolute atomic E-state index is 0.0700. The van der Waals surface area contributed by atoms with Gasteiger partial charge < -0.3 is 15.2 Å². The van der Waals surface area contributed by atoms with E-state index in [-0.39, 0.29) is 17.5 Å². The second-order valence-electron chi connectivity index (χ2n) is 4.65. The van der Waals surface area contributed by atoms with E-state index in [4.69, 9.17) is 15.2 Å². The Hall–Kier alpha value is -1.66. The van der Waals surface area contributed by atoms with Gasteiger partial charge >= 0.3 is 0 Å². The molecule has 2 rings (SSSR count). The standard InChI is InChI=1S/C13H18N2O4/c14-12-7-10(4-5-13(12)15(16)17)8-18-9-11-3-1-2-6-19-11/h4-5,7,11H,1-3,6,8-9,14H2. The van der Waals surface area contributed by atoms with Crippen LogP contribution in [0.3, 0.4) is 0 Å². The van der Waals surface area contributed by atoms with Crippen LogP contribution in [-0.4, -0.2) is 24.2 Å². The van der Waals surface area contributed by atoms with Crippen LogP contribution in [0.1, 0.15) is 24.8 Å². The molecule has 6 nitrogen and oxygen atoms in total. The van der Waals surface area contributed by atoms with E-state index in [0.29, 0.717) is 13.2 Å². The van der Waals surface area contributed by atoms with E-state index in [0.717, 1.165) is 25.0 Å². The van der Waals surface area contributed by atoms with Crippen LogP contribution in [-0.2, 0) is 16.1 Å². The molecule has 1 saturated heterocycles. The second kappa shape index (κ2) is 6.49. The predicted octanol–water partition coefficient (Wildman–Crippen LogP) is 2.26. The zero-order chi connectivity index (χ0) is 13.7. The molecule has 1 heterocycles. The SMILES string of the molecule is Nc1cc(COCC2CCCCO2)ccc1[N+](=O)[O-]. The summed E-state index contributed by atoms with van der Waals surface area (Å²) in [6.45, 7) is 1.75. The van der Waals surface area contributed by atoms with Gasteiger partial charge in [-0.1, -0.05) is 0 Å². The number of nitrogens with zero attached hydrogens (tertiary/aromatic N) is 1. The normalized spacial score (nSPS) is 19.3. The predicted molar refractivity (Wildman–Crippen MR) is 70.8 cm³/mol. The summed E-state index contributed by atoms with van der Waals surface area (Å²) < 4.78 is 11.1. The molecule has 0 aliphatic carbocycles. The van der Waals surface area contributed by atoms with Gasteiger partial charge in [-0.15, -0.1) is 0 Å². The van der Waals surface area contributed by atoms with Crippen LogP contribution in [0.5, 0.6) is 0 Å². The number of benzene rings is 1. The van der Waals surface area contributed by atoms with Crippen molar-refractivity contribution in [3.63, 3.8) is 0 Å². The molecule has 1 aliphatic rings. The Bertz CT molecular complexity index is 444. The van der Waals surface area contributed by atoms with Gasteiger partial charge in [0.2, 0.25) is 0 Å². The van der Waals surface area contributed by atoms with Crippen molar-refractivity contribution in [3.8, 4) is 0 Å². The summed E-state index contributed by atoms with van der Waals surface area (Å²) in [6.07, 6.45) is 3.50. The molecule has 1 atom stereocenters. The van der Waals surface area contributed by atoms with E-state index in [2.05, 4.69) is 0 Å². The van der Waals surface area contributed by atoms with E-state index < -0.39 is 4.92 Å². The summed E-state index contributed by atoms with van der Waals surface area (Å²) in [6, 6.07) is 4.65. The van der Waals surface area contributed by atoms with Gasteiger partial charge in [0.15, 0.2) is 0 Å². The van der Waals surface area contributed by atoms with Gasteiger partial charge in [0.1, 0.15) is 5.69 Å². The van der Waals surface area contributed by atoms with Gasteiger partial charge in [-0.3, -0.25) is 10.1 Å². The third kappa shape index (κ3) is 3.90. The highest BCUT2D eigenvalue weighted by Crippen LogP contribution is 2.22. The number of nitrogen functional groups attached to an aromatic ring is 1. The van der Waals surface area contributed by atoms with Crippen molar-refractivity contribution < 1.29 is 14.4 Å². The fourth-order valence-corrected chi connectivity index (χ4v) is 2.11. The first-order valence-electron chi connectivity index (χ1n) is 6.39. The maximum Gasteiger partial charge on any atom is 0.292 e. The first kappa shape index (κ1) is 13.8. The molecule has 1 fully saturated rings. The smallest absolute Gasteiger partial charge is 0.292 e. The molecule has 1 aliphatic heterocycles. The molecular weight excluding hydrogens is 248 g/mol. The Morgan fingerprint density at radius 2 is 2.32 bits per heavy atom. The summed E-state index contributed by atoms with van der Waals surface area (Å²) in [5.41, 5.74) is 6.54. The highest BCUT2D eigenvalue weighted by Gasteiger charge is 2.14. The van der Waals surface area contributed by atoms with Crippen molar-refractivity contribution in [1.82, 2.24) is 0 Å². The number of hydrogen-bond donors (Lipinski definition) is 1. The Balaban J connectivity index is 1.82. The van der Waals surface area contributed by atoms with Gasteiger partial charge in [0, 0.05) is 12.7 Å². The fourth-order valence-electron chi connectivity index (χ4n) is 2.11. The van der Waals surface area contributed by atoms with E-state index in [1.165, 1.54) is 12.5 Å². The highest BCUT2D eigenvalue weighted by molar-refractivity contribution is 5.59. The monoisotopic (exact) mass is 266 g/mol. The van der Waals surface area contributed by atoms with Crippen molar-refractivity contribution in [2.75, 3.05) is 18.9 Å². The molecule has 19 heavy (non-hydrogen) atoms. The lowest BCUT2D eigenvalue weighted by molar-refractivity contribution is -0.383. The van der Waals surface area contributed by atoms with Crippen molar-refractivity contribution in [1.29, 1.82) is 0 Å². The van der Waals surface area contributed by atoms with Crippen LogP contribution in [0.2, 0.25) is 0 Å². The number of rotatable bonds is 5. The third-order valence-corrected chi connectivity index (χ3v) is 3.14. The highest BCUT2D eigenvalue weighted by atomic mass is 16.6. The molecule has 0 amide bonds. The van der Waals surface area contributed by atoms with E-state index in [9.17, 15) is 10.1 Å². The average molecular weight is 266 g/mol. The maximum absolute atomic E-state index is 10.6. The summed E-state index contributed by atoms with van der Waals surface area (Å²) in [4.78, 5) is 10.1. The maximum atomic E-state index is 10.6. The molecule has 1 aromatic carbocycles. The molecule has 0 aromatic heterocycles. The van der Waals surface area contributed by atoms with Crippen molar-refractivity contribution in [2.45, 2.75) is 32.0 Å². The minimum atomic E-state index is -0.490. The molecule has 0 radical (unpaired) electrons. The molecule has 2 N–H and O–H groups in total. The Kier molecular flexibility index (Phi) is 4.70. The topological polar surface area (TPSA) is 87.6 Å². The van der Waals surface area contributed by atoms with Crippen molar-refractivity contribution in [2.24, 2.45) is 0 Å². The molecule has 1 aromatic rings. The minimum Gasteiger partial charge on any atom is -0.393 e. The second-order valence-corrected chi connectivity index (χ2v) is 4.65. The zero-order valence-corrected chi connectivity index (χ0v) is 10.7. The molecule has 0 saturated carbocycles. The Labute approximate surface area is 111 Å². The molecule has 0 spiro atoms. The fraction of sp³-hybridized carbons (Fsp3) is 0.538. The lowest BCUT2D eigenvalue weighted by Gasteiger charge is -2.22. The molecule has 6 heteroatoms. The first-order chi connectivity index (χ1) is 9.16. The Morgan fingerprint density at radius 3 is 2.95 bits per heavy atom. The van der Waals surface area contributed by atoms with Gasteiger partial charge in [-0.2, -0.15) is 0 Å². The quantitative estimate of drug-likeness (QED) is 0.501. The Morgan fingerprint density at radius 1 is 1.47 bits per heavy atom. The number of nitrogens with two attached hydrogens (primary N) is 1. The van der Waals surface area contributed by atoms with E-state index in [1.807, 2.05) is 0 Å². The summed E-state index contributed by atoms with van der Waals surface area (Å²) in [7, 11) is 0. The van der Waals surface area contributed by atoms with Crippen LogP contribution in [0.25, 0.3) is 0 Å². The van der Waals surface area contributed by atoms with E-state index >= 15 is 0 Å². The van der Waals surface area contributed by atoms with Crippen LogP contribution in [0.4, 0.5) is 11.4 Å². The summed E-state index contributed by atoms with van der Waals surface area (Å²) >= 11 is 0. The van der Waals surface area contributed by atoms with E-state index in [1.54, 1.807) is 12.1 Å². The lowest BCUT2D eigenvalue weighted by Crippen LogP contribution is -2.24. The van der Waals surface area contributed by atoms with Gasteiger partial charge in [0.25, 0.3) is 5.69 Å². The van der Waals surface area contributed by atoms with Crippen LogP contribution in [0, 0.1) is 10.1 Å². The van der Waals surface area contributed by atoms with Crippen LogP contribution in [0.15, 0.2) is 18.2 Å². The van der Waals surface area contributed by atoms with Gasteiger partial charge in [-0.25, -0.2) is 0 Å². The number of ether oxygens (including phenoxy) is 2. The van der Waals surface area contributed by atoms with Gasteiger partial charge in [0.05, 0.1) is 24.2 Å². The van der Waals surface area contributed by atoms with Crippen LogP contribution < -0.4 is 5.73 Å². The summed E-state index contributed by atoms with van der Waals surface area (Å²) in [5, 5.41) is 10.6. The lowest BCUT2D eigenvalue weighted by atomic mass is 10.1. The summed E-state index contributed by atoms with van der Waals surface area (Å²) in [5.74, 6) is 0. The third-order valence-electron chi connectivity index (χ3n) is 3.14. The average Bonchev–Trinajstić information content (AvgIpc) is 2.39. The van der Waals surface area contributed by atoms with Crippen LogP contribution >= 0.6 is 0 Å². The van der Waals surface area contributed by atoms with Crippen molar-refractivity contribution in [3.05, 3.63) is 33.9 Å². The number of nitro groups is 1. The largest absolute Gasteiger partial charge is 0.393 e. The van der Waals surface area contributed by atoms with Gasteiger partial charge in [-0.05, 0) is 37.0 Å². The number of hydrogen-bond acceptors (Lipinski definition) is 5. The molecule has 0 bridgehead atoms. The van der Waals surface area contributed by atoms with Crippen molar-refractivity contribution >= 4 is 11.4 Å². The zero-order valence-electron chi connectivity index (χ0n) is 10.7. The molecule has 1 unspecified atom stereocenters. The number of nitro benzene ring substituents is 1. The first-order valence-corrected chi connectivity index (χ1v) is 6.39. The molecule has 104 valence electrons. The molecular formula is C13H18N2O4.